The van der Waals surface area contributed by atoms with Crippen LogP contribution in [0.4, 0.5) is 0 Å². The summed E-state index contributed by atoms with van der Waals surface area (Å²) in [7, 11) is -3.17. The summed E-state index contributed by atoms with van der Waals surface area (Å²) in [5.41, 5.74) is 3.04. The highest BCUT2D eigenvalue weighted by Crippen LogP contribution is 2.27. The number of carbonyl (C=O) groups excluding carboxylic acids is 1. The molecular formula is C25H27ClN2O4S. The largest absolute Gasteiger partial charge is 0.355 e. The molecule has 1 unspecified atom stereocenters. The van der Waals surface area contributed by atoms with E-state index in [0.29, 0.717) is 23.7 Å². The lowest BCUT2D eigenvalue weighted by Crippen LogP contribution is -2.40. The minimum atomic E-state index is -3.17. The van der Waals surface area contributed by atoms with Crippen LogP contribution < -0.4 is 0 Å². The minimum absolute atomic E-state index is 0.0202. The monoisotopic (exact) mass is 486 g/mol. The molecule has 0 spiro atoms. The third-order valence-corrected chi connectivity index (χ3v) is 7.94. The predicted octanol–water partition coefficient (Wildman–Crippen LogP) is 5.12. The van der Waals surface area contributed by atoms with E-state index in [4.69, 9.17) is 16.1 Å². The lowest BCUT2D eigenvalue weighted by molar-refractivity contribution is 0.0670. The van der Waals surface area contributed by atoms with Crippen LogP contribution in [0.15, 0.2) is 59.1 Å². The summed E-state index contributed by atoms with van der Waals surface area (Å²) in [5, 5.41) is 4.58. The van der Waals surface area contributed by atoms with Gasteiger partial charge in [-0.3, -0.25) is 4.79 Å². The standard InChI is InChI=1S/C25H27ClN2O4S/c1-25(2,3)19-8-4-17(5-9-19)15-28(21-12-13-33(30,31)16-21)24(29)22-14-23(32-27-22)18-6-10-20(26)11-7-18/h4-11,14,21H,12-13,15-16H2,1-3H3. The fraction of sp³-hybridized carbons (Fsp3) is 0.360. The summed E-state index contributed by atoms with van der Waals surface area (Å²) in [6.07, 6.45) is 0.413. The van der Waals surface area contributed by atoms with E-state index in [0.717, 1.165) is 11.1 Å². The number of aromatic nitrogens is 1. The van der Waals surface area contributed by atoms with Gasteiger partial charge in [0.15, 0.2) is 21.3 Å². The topological polar surface area (TPSA) is 80.5 Å². The highest BCUT2D eigenvalue weighted by Gasteiger charge is 2.36. The van der Waals surface area contributed by atoms with E-state index in [1.165, 1.54) is 5.56 Å². The van der Waals surface area contributed by atoms with Gasteiger partial charge in [0.2, 0.25) is 0 Å². The molecule has 6 nitrogen and oxygen atoms in total. The fourth-order valence-electron chi connectivity index (χ4n) is 3.97. The van der Waals surface area contributed by atoms with Crippen molar-refractivity contribution in [3.8, 4) is 11.3 Å². The number of hydrogen-bond donors (Lipinski definition) is 0. The first-order chi connectivity index (χ1) is 15.5. The molecule has 3 aromatic rings. The average Bonchev–Trinajstić information content (AvgIpc) is 3.38. The SMILES string of the molecule is CC(C)(C)c1ccc(CN(C(=O)c2cc(-c3ccc(Cl)cc3)on2)C2CCS(=O)(=O)C2)cc1. The summed E-state index contributed by atoms with van der Waals surface area (Å²) in [5.74, 6) is 0.143. The molecule has 1 aromatic heterocycles. The summed E-state index contributed by atoms with van der Waals surface area (Å²) in [6, 6.07) is 16.3. The van der Waals surface area contributed by atoms with Crippen molar-refractivity contribution in [2.75, 3.05) is 11.5 Å². The zero-order chi connectivity index (χ0) is 23.8. The lowest BCUT2D eigenvalue weighted by Gasteiger charge is -2.28. The molecule has 1 aliphatic rings. The van der Waals surface area contributed by atoms with Crippen molar-refractivity contribution >= 4 is 27.3 Å². The van der Waals surface area contributed by atoms with Crippen molar-refractivity contribution in [3.05, 3.63) is 76.4 Å². The van der Waals surface area contributed by atoms with E-state index in [1.807, 2.05) is 12.1 Å². The van der Waals surface area contributed by atoms with Crippen LogP contribution in [0.1, 0.15) is 48.8 Å². The van der Waals surface area contributed by atoms with Crippen LogP contribution in [-0.2, 0) is 21.8 Å². The Balaban J connectivity index is 1.61. The molecule has 2 aromatic carbocycles. The number of nitrogens with zero attached hydrogens (tertiary/aromatic N) is 2. The van der Waals surface area contributed by atoms with E-state index < -0.39 is 15.9 Å². The second-order valence-corrected chi connectivity index (χ2v) is 12.2. The molecule has 4 rings (SSSR count). The summed E-state index contributed by atoms with van der Waals surface area (Å²) < 4.78 is 29.7. The van der Waals surface area contributed by atoms with Crippen LogP contribution in [0.25, 0.3) is 11.3 Å². The van der Waals surface area contributed by atoms with Crippen LogP contribution >= 0.6 is 11.6 Å². The van der Waals surface area contributed by atoms with Gasteiger partial charge in [-0.25, -0.2) is 8.42 Å². The molecule has 1 aliphatic heterocycles. The Hall–Kier alpha value is -2.64. The first-order valence-corrected chi connectivity index (χ1v) is 13.1. The molecule has 1 amide bonds. The van der Waals surface area contributed by atoms with Crippen LogP contribution in [-0.4, -0.2) is 41.9 Å². The maximum Gasteiger partial charge on any atom is 0.276 e. The molecule has 8 heteroatoms. The van der Waals surface area contributed by atoms with Crippen molar-refractivity contribution in [1.82, 2.24) is 10.1 Å². The van der Waals surface area contributed by atoms with Gasteiger partial charge in [0.1, 0.15) is 0 Å². The van der Waals surface area contributed by atoms with Gasteiger partial charge in [-0.2, -0.15) is 0 Å². The minimum Gasteiger partial charge on any atom is -0.355 e. The van der Waals surface area contributed by atoms with Gasteiger partial charge in [-0.05, 0) is 47.2 Å². The van der Waals surface area contributed by atoms with Gasteiger partial charge in [0.05, 0.1) is 11.5 Å². The zero-order valence-electron chi connectivity index (χ0n) is 18.9. The molecule has 0 bridgehead atoms. The van der Waals surface area contributed by atoms with Gasteiger partial charge in [0, 0.05) is 29.2 Å². The molecule has 0 saturated carbocycles. The second-order valence-electron chi connectivity index (χ2n) is 9.52. The van der Waals surface area contributed by atoms with E-state index in [-0.39, 0.29) is 28.5 Å². The van der Waals surface area contributed by atoms with Gasteiger partial charge in [-0.15, -0.1) is 0 Å². The van der Waals surface area contributed by atoms with Crippen LogP contribution in [0.3, 0.4) is 0 Å². The number of benzene rings is 2. The van der Waals surface area contributed by atoms with E-state index in [2.05, 4.69) is 38.1 Å². The second kappa shape index (κ2) is 8.95. The third-order valence-electron chi connectivity index (χ3n) is 5.94. The number of halogens is 1. The molecular weight excluding hydrogens is 460 g/mol. The third kappa shape index (κ3) is 5.47. The van der Waals surface area contributed by atoms with E-state index in [9.17, 15) is 13.2 Å². The van der Waals surface area contributed by atoms with E-state index >= 15 is 0 Å². The Morgan fingerprint density at radius 3 is 2.36 bits per heavy atom. The molecule has 33 heavy (non-hydrogen) atoms. The van der Waals surface area contributed by atoms with Crippen molar-refractivity contribution < 1.29 is 17.7 Å². The van der Waals surface area contributed by atoms with E-state index in [1.54, 1.807) is 35.2 Å². The maximum atomic E-state index is 13.5. The smallest absolute Gasteiger partial charge is 0.276 e. The van der Waals surface area contributed by atoms with Crippen LogP contribution in [0, 0.1) is 0 Å². The summed E-state index contributed by atoms with van der Waals surface area (Å²) in [4.78, 5) is 15.1. The molecule has 2 heterocycles. The van der Waals surface area contributed by atoms with Crippen LogP contribution in [0.5, 0.6) is 0 Å². The van der Waals surface area contributed by atoms with Crippen LogP contribution in [0.2, 0.25) is 5.02 Å². The van der Waals surface area contributed by atoms with Crippen molar-refractivity contribution in [2.24, 2.45) is 0 Å². The summed E-state index contributed by atoms with van der Waals surface area (Å²) >= 11 is 5.95. The quantitative estimate of drug-likeness (QED) is 0.500. The highest BCUT2D eigenvalue weighted by atomic mass is 35.5. The fourth-order valence-corrected chi connectivity index (χ4v) is 5.82. The summed E-state index contributed by atoms with van der Waals surface area (Å²) in [6.45, 7) is 6.73. The number of rotatable bonds is 5. The predicted molar refractivity (Wildman–Crippen MR) is 129 cm³/mol. The van der Waals surface area contributed by atoms with Crippen molar-refractivity contribution in [3.63, 3.8) is 0 Å². The number of hydrogen-bond acceptors (Lipinski definition) is 5. The first kappa shape index (κ1) is 23.5. The highest BCUT2D eigenvalue weighted by molar-refractivity contribution is 7.91. The number of sulfone groups is 1. The Bertz CT molecular complexity index is 1240. The van der Waals surface area contributed by atoms with Gasteiger partial charge < -0.3 is 9.42 Å². The Labute approximate surface area is 199 Å². The number of amides is 1. The Morgan fingerprint density at radius 1 is 1.12 bits per heavy atom. The van der Waals surface area contributed by atoms with Crippen molar-refractivity contribution in [1.29, 1.82) is 0 Å². The Morgan fingerprint density at radius 2 is 1.79 bits per heavy atom. The molecule has 1 fully saturated rings. The number of carbonyl (C=O) groups is 1. The molecule has 0 N–H and O–H groups in total. The molecule has 174 valence electrons. The normalized spacial score (nSPS) is 17.8. The average molecular weight is 487 g/mol. The van der Waals surface area contributed by atoms with Crippen molar-refractivity contribution in [2.45, 2.75) is 45.2 Å². The first-order valence-electron chi connectivity index (χ1n) is 10.9. The molecule has 1 saturated heterocycles. The lowest BCUT2D eigenvalue weighted by atomic mass is 9.86. The maximum absolute atomic E-state index is 13.5. The van der Waals surface area contributed by atoms with Gasteiger partial charge >= 0.3 is 0 Å². The Kier molecular flexibility index (Phi) is 6.38. The van der Waals surface area contributed by atoms with Gasteiger partial charge in [-0.1, -0.05) is 61.8 Å². The zero-order valence-corrected chi connectivity index (χ0v) is 20.5. The molecule has 0 aliphatic carbocycles. The molecule has 0 radical (unpaired) electrons. The van der Waals surface area contributed by atoms with Gasteiger partial charge in [0.25, 0.3) is 5.91 Å². The molecule has 1 atom stereocenters.